The molecule has 2 aromatic rings. The first kappa shape index (κ1) is 13.9. The van der Waals surface area contributed by atoms with Gasteiger partial charge in [-0.1, -0.05) is 29.8 Å². The third-order valence-corrected chi connectivity index (χ3v) is 5.12. The number of hydrazine groups is 1. The summed E-state index contributed by atoms with van der Waals surface area (Å²) in [5, 5.41) is 2.89. The van der Waals surface area contributed by atoms with Gasteiger partial charge in [0.1, 0.15) is 0 Å². The van der Waals surface area contributed by atoms with Crippen molar-refractivity contribution in [1.29, 1.82) is 0 Å². The summed E-state index contributed by atoms with van der Waals surface area (Å²) in [4.78, 5) is 2.45. The third-order valence-electron chi connectivity index (χ3n) is 2.54. The molecule has 1 atom stereocenters. The summed E-state index contributed by atoms with van der Waals surface area (Å²) in [5.41, 5.74) is 2.87. The molecule has 0 fully saturated rings. The van der Waals surface area contributed by atoms with Crippen molar-refractivity contribution < 1.29 is 0 Å². The molecular formula is C13H15ClN2S2. The maximum Gasteiger partial charge on any atom is 0.0541 e. The van der Waals surface area contributed by atoms with Crippen LogP contribution in [0.3, 0.4) is 0 Å². The van der Waals surface area contributed by atoms with E-state index in [0.717, 1.165) is 22.1 Å². The fourth-order valence-electron chi connectivity index (χ4n) is 1.59. The molecule has 0 aliphatic carbocycles. The quantitative estimate of drug-likeness (QED) is 0.486. The molecule has 5 heteroatoms. The van der Waals surface area contributed by atoms with Crippen molar-refractivity contribution in [3.63, 3.8) is 0 Å². The molecule has 0 saturated heterocycles. The maximum atomic E-state index is 6.12. The van der Waals surface area contributed by atoms with Gasteiger partial charge in [-0.25, -0.2) is 0 Å². The zero-order valence-corrected chi connectivity index (χ0v) is 12.2. The van der Waals surface area contributed by atoms with Crippen molar-refractivity contribution in [2.75, 3.05) is 5.75 Å². The highest BCUT2D eigenvalue weighted by Crippen LogP contribution is 2.27. The second-order valence-corrected chi connectivity index (χ2v) is 6.39. The zero-order valence-electron chi connectivity index (χ0n) is 9.80. The van der Waals surface area contributed by atoms with Gasteiger partial charge in [-0.05, 0) is 30.0 Å². The molecule has 0 spiro atoms. The molecule has 1 aromatic heterocycles. The Morgan fingerprint density at radius 2 is 2.11 bits per heavy atom. The molecular weight excluding hydrogens is 284 g/mol. The van der Waals surface area contributed by atoms with Crippen molar-refractivity contribution in [3.05, 3.63) is 51.7 Å². The lowest BCUT2D eigenvalue weighted by Crippen LogP contribution is -2.38. The number of benzene rings is 1. The molecule has 0 aliphatic heterocycles. The molecule has 0 amide bonds. The van der Waals surface area contributed by atoms with Crippen LogP contribution in [0.2, 0.25) is 5.02 Å². The lowest BCUT2D eigenvalue weighted by atomic mass is 10.2. The Kier molecular flexibility index (Phi) is 5.53. The van der Waals surface area contributed by atoms with Crippen molar-refractivity contribution in [1.82, 2.24) is 5.43 Å². The van der Waals surface area contributed by atoms with E-state index in [2.05, 4.69) is 22.9 Å². The zero-order chi connectivity index (χ0) is 12.8. The average molecular weight is 299 g/mol. The molecule has 96 valence electrons. The van der Waals surface area contributed by atoms with Gasteiger partial charge in [-0.15, -0.1) is 23.1 Å². The van der Waals surface area contributed by atoms with Crippen molar-refractivity contribution in [3.8, 4) is 0 Å². The summed E-state index contributed by atoms with van der Waals surface area (Å²) in [6.45, 7) is 0. The topological polar surface area (TPSA) is 38.0 Å². The normalized spacial score (nSPS) is 12.6. The number of thiophene rings is 1. The van der Waals surface area contributed by atoms with Gasteiger partial charge >= 0.3 is 0 Å². The van der Waals surface area contributed by atoms with Crippen LogP contribution in [0.5, 0.6) is 0 Å². The smallest absolute Gasteiger partial charge is 0.0541 e. The van der Waals surface area contributed by atoms with Gasteiger partial charge < -0.3 is 0 Å². The van der Waals surface area contributed by atoms with Crippen molar-refractivity contribution in [2.24, 2.45) is 5.84 Å². The predicted molar refractivity (Wildman–Crippen MR) is 81.3 cm³/mol. The van der Waals surface area contributed by atoms with Crippen LogP contribution in [0, 0.1) is 0 Å². The summed E-state index contributed by atoms with van der Waals surface area (Å²) in [5.74, 6) is 6.50. The fraction of sp³-hybridized carbons (Fsp3) is 0.231. The molecule has 3 N–H and O–H groups in total. The van der Waals surface area contributed by atoms with Crippen molar-refractivity contribution >= 4 is 34.7 Å². The summed E-state index contributed by atoms with van der Waals surface area (Å²) in [6.07, 6.45) is 0.950. The number of rotatable bonds is 6. The molecule has 2 nitrogen and oxygen atoms in total. The minimum Gasteiger partial charge on any atom is -0.271 e. The molecule has 1 unspecified atom stereocenters. The fourth-order valence-corrected chi connectivity index (χ4v) is 3.65. The average Bonchev–Trinajstić information content (AvgIpc) is 2.89. The van der Waals surface area contributed by atoms with Crippen LogP contribution in [0.25, 0.3) is 0 Å². The lowest BCUT2D eigenvalue weighted by Gasteiger charge is -2.14. The minimum atomic E-state index is 0.255. The van der Waals surface area contributed by atoms with Gasteiger partial charge in [0.25, 0.3) is 0 Å². The van der Waals surface area contributed by atoms with Gasteiger partial charge in [-0.3, -0.25) is 11.3 Å². The van der Waals surface area contributed by atoms with Crippen LogP contribution < -0.4 is 11.3 Å². The molecule has 2 rings (SSSR count). The van der Waals surface area contributed by atoms with Gasteiger partial charge in [0, 0.05) is 21.6 Å². The molecule has 1 aromatic carbocycles. The van der Waals surface area contributed by atoms with Gasteiger partial charge in [0.2, 0.25) is 0 Å². The van der Waals surface area contributed by atoms with E-state index in [9.17, 15) is 0 Å². The van der Waals surface area contributed by atoms with Gasteiger partial charge in [0.15, 0.2) is 0 Å². The van der Waals surface area contributed by atoms with Crippen molar-refractivity contribution in [2.45, 2.75) is 17.4 Å². The van der Waals surface area contributed by atoms with Crippen LogP contribution in [0.1, 0.15) is 4.88 Å². The number of hydrogen-bond acceptors (Lipinski definition) is 4. The highest BCUT2D eigenvalue weighted by Gasteiger charge is 2.10. The molecule has 0 saturated carbocycles. The summed E-state index contributed by atoms with van der Waals surface area (Å²) in [6, 6.07) is 12.3. The monoisotopic (exact) mass is 298 g/mol. The van der Waals surface area contributed by atoms with Crippen LogP contribution >= 0.6 is 34.7 Å². The highest BCUT2D eigenvalue weighted by molar-refractivity contribution is 7.99. The van der Waals surface area contributed by atoms with Gasteiger partial charge in [0.05, 0.1) is 5.02 Å². The first-order valence-electron chi connectivity index (χ1n) is 5.65. The summed E-state index contributed by atoms with van der Waals surface area (Å²) < 4.78 is 0. The molecule has 0 bridgehead atoms. The Hall–Kier alpha value is -0.520. The Labute approximate surface area is 121 Å². The van der Waals surface area contributed by atoms with E-state index in [1.807, 2.05) is 24.3 Å². The van der Waals surface area contributed by atoms with E-state index >= 15 is 0 Å². The van der Waals surface area contributed by atoms with E-state index < -0.39 is 0 Å². The first-order valence-corrected chi connectivity index (χ1v) is 7.89. The Morgan fingerprint density at radius 1 is 1.28 bits per heavy atom. The highest BCUT2D eigenvalue weighted by atomic mass is 35.5. The number of thioether (sulfide) groups is 1. The maximum absolute atomic E-state index is 6.12. The van der Waals surface area contributed by atoms with Crippen LogP contribution in [-0.4, -0.2) is 11.8 Å². The number of hydrogen-bond donors (Lipinski definition) is 2. The van der Waals surface area contributed by atoms with E-state index in [1.165, 1.54) is 4.88 Å². The molecule has 0 radical (unpaired) electrons. The first-order chi connectivity index (χ1) is 8.79. The Bertz CT molecular complexity index is 474. The van der Waals surface area contributed by atoms with E-state index in [4.69, 9.17) is 17.4 Å². The third kappa shape index (κ3) is 4.00. The Morgan fingerprint density at radius 3 is 2.78 bits per heavy atom. The molecule has 18 heavy (non-hydrogen) atoms. The Balaban J connectivity index is 1.89. The number of halogens is 1. The van der Waals surface area contributed by atoms with E-state index in [0.29, 0.717) is 0 Å². The minimum absolute atomic E-state index is 0.255. The van der Waals surface area contributed by atoms with Gasteiger partial charge in [-0.2, -0.15) is 0 Å². The molecule has 1 heterocycles. The SMILES string of the molecule is NNC(CSc1ccccc1Cl)Cc1cccs1. The molecule has 0 aliphatic rings. The van der Waals surface area contributed by atoms with E-state index in [1.54, 1.807) is 23.1 Å². The second kappa shape index (κ2) is 7.16. The summed E-state index contributed by atoms with van der Waals surface area (Å²) in [7, 11) is 0. The predicted octanol–water partition coefficient (Wildman–Crippen LogP) is 3.57. The summed E-state index contributed by atoms with van der Waals surface area (Å²) >= 11 is 9.62. The number of nitrogens with two attached hydrogens (primary N) is 1. The largest absolute Gasteiger partial charge is 0.271 e. The standard InChI is InChI=1S/C13H15ClN2S2/c14-12-5-1-2-6-13(12)18-9-10(16-15)8-11-4-3-7-17-11/h1-7,10,16H,8-9,15H2. The second-order valence-electron chi connectivity index (χ2n) is 3.89. The van der Waals surface area contributed by atoms with E-state index in [-0.39, 0.29) is 6.04 Å². The van der Waals surface area contributed by atoms with Crippen LogP contribution in [0.15, 0.2) is 46.7 Å². The van der Waals surface area contributed by atoms with Crippen LogP contribution in [-0.2, 0) is 6.42 Å². The van der Waals surface area contributed by atoms with Crippen LogP contribution in [0.4, 0.5) is 0 Å². The number of nitrogens with one attached hydrogen (secondary N) is 1. The lowest BCUT2D eigenvalue weighted by molar-refractivity contribution is 0.579.